The van der Waals surface area contributed by atoms with Crippen LogP contribution >= 0.6 is 23.1 Å². The number of nitro groups is 1. The van der Waals surface area contributed by atoms with E-state index in [4.69, 9.17) is 4.74 Å². The average molecular weight is 520 g/mol. The van der Waals surface area contributed by atoms with Crippen LogP contribution in [0.15, 0.2) is 62.9 Å². The number of amides is 1. The largest absolute Gasteiger partial charge is 0.494 e. The van der Waals surface area contributed by atoms with Crippen LogP contribution in [-0.2, 0) is 14.6 Å². The second kappa shape index (κ2) is 9.79. The number of non-ortho nitro benzene ring substituents is 1. The molecule has 176 valence electrons. The van der Waals surface area contributed by atoms with Crippen LogP contribution in [0.2, 0.25) is 0 Å². The molecular formula is C20H17N5O6S3. The van der Waals surface area contributed by atoms with E-state index < -0.39 is 14.8 Å². The number of hydrogen-bond acceptors (Lipinski definition) is 10. The molecule has 0 saturated carbocycles. The van der Waals surface area contributed by atoms with Gasteiger partial charge in [0.25, 0.3) is 5.69 Å². The topological polar surface area (TPSA) is 157 Å². The minimum absolute atomic E-state index is 0.0299. The molecule has 0 bridgehead atoms. The molecule has 0 unspecified atom stereocenters. The van der Waals surface area contributed by atoms with E-state index in [-0.39, 0.29) is 31.6 Å². The number of H-pyrrole nitrogens is 1. The highest BCUT2D eigenvalue weighted by molar-refractivity contribution is 7.99. The summed E-state index contributed by atoms with van der Waals surface area (Å²) in [6.45, 7) is 2.45. The number of carbonyl (C=O) groups excluding carboxylic acids is 1. The Morgan fingerprint density at radius 3 is 2.74 bits per heavy atom. The first kappa shape index (κ1) is 23.7. The molecule has 0 fully saturated rings. The Balaban J connectivity index is 1.38. The van der Waals surface area contributed by atoms with E-state index in [9.17, 15) is 23.3 Å². The van der Waals surface area contributed by atoms with Crippen LogP contribution in [0.4, 0.5) is 10.8 Å². The van der Waals surface area contributed by atoms with Crippen molar-refractivity contribution in [1.82, 2.24) is 15.0 Å². The number of anilines is 1. The van der Waals surface area contributed by atoms with Crippen molar-refractivity contribution in [3.63, 3.8) is 0 Å². The lowest BCUT2D eigenvalue weighted by molar-refractivity contribution is -0.384. The SMILES string of the molecule is CCOc1ccc2nc(SCC(=O)Nc3ncc(S(=O)(=O)c4ccc([N+](=O)[O-])cc4)s3)[nH]c2c1. The van der Waals surface area contributed by atoms with Crippen LogP contribution in [0.25, 0.3) is 11.0 Å². The van der Waals surface area contributed by atoms with Crippen molar-refractivity contribution >= 4 is 60.7 Å². The Labute approximate surface area is 201 Å². The highest BCUT2D eigenvalue weighted by Crippen LogP contribution is 2.30. The van der Waals surface area contributed by atoms with Gasteiger partial charge in [-0.3, -0.25) is 14.9 Å². The van der Waals surface area contributed by atoms with Crippen LogP contribution in [-0.4, -0.2) is 46.6 Å². The number of nitrogens with one attached hydrogen (secondary N) is 2. The Bertz CT molecular complexity index is 1460. The zero-order valence-electron chi connectivity index (χ0n) is 17.5. The molecule has 0 aliphatic rings. The fourth-order valence-electron chi connectivity index (χ4n) is 2.88. The van der Waals surface area contributed by atoms with E-state index in [0.717, 1.165) is 58.6 Å². The molecule has 2 N–H and O–H groups in total. The lowest BCUT2D eigenvalue weighted by Crippen LogP contribution is -2.13. The second-order valence-electron chi connectivity index (χ2n) is 6.73. The Morgan fingerprint density at radius 2 is 2.03 bits per heavy atom. The molecule has 2 heterocycles. The molecule has 0 spiro atoms. The van der Waals surface area contributed by atoms with Gasteiger partial charge in [0.2, 0.25) is 15.7 Å². The summed E-state index contributed by atoms with van der Waals surface area (Å²) in [7, 11) is -3.92. The van der Waals surface area contributed by atoms with Crippen molar-refractivity contribution in [3.05, 3.63) is 58.8 Å². The van der Waals surface area contributed by atoms with Gasteiger partial charge in [0.15, 0.2) is 10.3 Å². The highest BCUT2D eigenvalue weighted by atomic mass is 32.2. The molecule has 0 aliphatic carbocycles. The number of rotatable bonds is 9. The number of benzene rings is 2. The third-order valence-corrected chi connectivity index (χ3v) is 8.45. The standard InChI is InChI=1S/C20H17N5O6S3/c1-2-31-13-5-8-15-16(9-13)23-20(22-15)32-11-17(26)24-19-21-10-18(33-19)34(29,30)14-6-3-12(4-7-14)25(27)28/h3-10H,2,11H2,1H3,(H,22,23)(H,21,24,26). The summed E-state index contributed by atoms with van der Waals surface area (Å²) in [5.41, 5.74) is 1.31. The van der Waals surface area contributed by atoms with Crippen molar-refractivity contribution in [2.75, 3.05) is 17.7 Å². The van der Waals surface area contributed by atoms with E-state index in [2.05, 4.69) is 20.3 Å². The molecule has 0 atom stereocenters. The van der Waals surface area contributed by atoms with E-state index in [1.54, 1.807) is 0 Å². The number of imidazole rings is 1. The number of sulfone groups is 1. The fourth-order valence-corrected chi connectivity index (χ4v) is 6.02. The maximum Gasteiger partial charge on any atom is 0.269 e. The number of nitro benzene ring substituents is 1. The summed E-state index contributed by atoms with van der Waals surface area (Å²) >= 11 is 1.98. The zero-order valence-corrected chi connectivity index (χ0v) is 20.0. The maximum atomic E-state index is 12.7. The number of aromatic amines is 1. The van der Waals surface area contributed by atoms with Gasteiger partial charge in [-0.15, -0.1) is 0 Å². The number of nitrogens with zero attached hydrogens (tertiary/aromatic N) is 3. The van der Waals surface area contributed by atoms with Gasteiger partial charge in [-0.25, -0.2) is 18.4 Å². The number of ether oxygens (including phenoxy) is 1. The minimum Gasteiger partial charge on any atom is -0.494 e. The van der Waals surface area contributed by atoms with Gasteiger partial charge in [0, 0.05) is 18.2 Å². The third kappa shape index (κ3) is 5.18. The van der Waals surface area contributed by atoms with Crippen LogP contribution in [0.5, 0.6) is 5.75 Å². The summed E-state index contributed by atoms with van der Waals surface area (Å²) < 4.78 is 30.8. The Kier molecular flexibility index (Phi) is 6.81. The average Bonchev–Trinajstić information content (AvgIpc) is 3.45. The number of hydrogen-bond donors (Lipinski definition) is 2. The number of thiazole rings is 1. The molecule has 0 radical (unpaired) electrons. The fraction of sp³-hybridized carbons (Fsp3) is 0.150. The van der Waals surface area contributed by atoms with Gasteiger partial charge in [0.05, 0.1) is 39.4 Å². The third-order valence-electron chi connectivity index (χ3n) is 4.44. The minimum atomic E-state index is -3.92. The molecule has 2 aromatic carbocycles. The molecular weight excluding hydrogens is 502 g/mol. The number of carbonyl (C=O) groups is 1. The predicted octanol–water partition coefficient (Wildman–Crippen LogP) is 3.89. The van der Waals surface area contributed by atoms with Crippen LogP contribution in [0.1, 0.15) is 6.92 Å². The maximum absolute atomic E-state index is 12.7. The van der Waals surface area contributed by atoms with E-state index in [1.165, 1.54) is 11.8 Å². The van der Waals surface area contributed by atoms with Crippen molar-refractivity contribution in [3.8, 4) is 5.75 Å². The van der Waals surface area contributed by atoms with Crippen molar-refractivity contribution in [2.24, 2.45) is 0 Å². The smallest absolute Gasteiger partial charge is 0.269 e. The van der Waals surface area contributed by atoms with Gasteiger partial charge in [-0.1, -0.05) is 23.1 Å². The van der Waals surface area contributed by atoms with E-state index >= 15 is 0 Å². The number of fused-ring (bicyclic) bond motifs is 1. The summed E-state index contributed by atoms with van der Waals surface area (Å²) in [5, 5.41) is 14.0. The quantitative estimate of drug-likeness (QED) is 0.190. The van der Waals surface area contributed by atoms with Crippen molar-refractivity contribution in [1.29, 1.82) is 0 Å². The van der Waals surface area contributed by atoms with E-state index in [1.807, 2.05) is 25.1 Å². The predicted molar refractivity (Wildman–Crippen MR) is 127 cm³/mol. The first-order valence-corrected chi connectivity index (χ1v) is 13.1. The molecule has 11 nitrogen and oxygen atoms in total. The summed E-state index contributed by atoms with van der Waals surface area (Å²) in [6.07, 6.45) is 1.14. The molecule has 1 amide bonds. The first-order chi connectivity index (χ1) is 16.3. The van der Waals surface area contributed by atoms with E-state index in [0.29, 0.717) is 11.8 Å². The molecule has 0 aliphatic heterocycles. The summed E-state index contributed by atoms with van der Waals surface area (Å²) in [6, 6.07) is 10.0. The van der Waals surface area contributed by atoms with Gasteiger partial charge in [-0.05, 0) is 31.2 Å². The number of thioether (sulfide) groups is 1. The Hall–Kier alpha value is -3.49. The lowest BCUT2D eigenvalue weighted by Gasteiger charge is -2.01. The van der Waals surface area contributed by atoms with Crippen molar-refractivity contribution < 1.29 is 22.9 Å². The molecule has 4 rings (SSSR count). The summed E-state index contributed by atoms with van der Waals surface area (Å²) in [5.74, 6) is 0.368. The number of aromatic nitrogens is 3. The molecule has 34 heavy (non-hydrogen) atoms. The van der Waals surface area contributed by atoms with Crippen LogP contribution in [0, 0.1) is 10.1 Å². The Morgan fingerprint density at radius 1 is 1.26 bits per heavy atom. The molecule has 2 aromatic heterocycles. The van der Waals surface area contributed by atoms with Gasteiger partial charge in [-0.2, -0.15) is 0 Å². The second-order valence-corrected chi connectivity index (χ2v) is 10.9. The van der Waals surface area contributed by atoms with Crippen LogP contribution < -0.4 is 10.1 Å². The van der Waals surface area contributed by atoms with Crippen LogP contribution in [0.3, 0.4) is 0 Å². The zero-order chi connectivity index (χ0) is 24.3. The normalized spacial score (nSPS) is 11.4. The monoisotopic (exact) mass is 519 g/mol. The molecule has 0 saturated heterocycles. The summed E-state index contributed by atoms with van der Waals surface area (Å²) in [4.78, 5) is 33.9. The lowest BCUT2D eigenvalue weighted by atomic mass is 10.3. The van der Waals surface area contributed by atoms with Gasteiger partial charge < -0.3 is 15.0 Å². The molecule has 14 heteroatoms. The van der Waals surface area contributed by atoms with Crippen molar-refractivity contribution in [2.45, 2.75) is 21.2 Å². The highest BCUT2D eigenvalue weighted by Gasteiger charge is 2.22. The van der Waals surface area contributed by atoms with Gasteiger partial charge in [0.1, 0.15) is 9.96 Å². The first-order valence-electron chi connectivity index (χ1n) is 9.77. The molecule has 4 aromatic rings. The van der Waals surface area contributed by atoms with Gasteiger partial charge >= 0.3 is 0 Å².